The van der Waals surface area contributed by atoms with Crippen LogP contribution in [-0.2, 0) is 0 Å². The second-order valence-corrected chi connectivity index (χ2v) is 3.95. The third kappa shape index (κ3) is 3.13. The predicted molar refractivity (Wildman–Crippen MR) is 71.5 cm³/mol. The number of hydrogen-bond donors (Lipinski definition) is 0. The molecular weight excluding hydrogens is 208 g/mol. The van der Waals surface area contributed by atoms with Crippen LogP contribution < -0.4 is 0 Å². The third-order valence-electron chi connectivity index (χ3n) is 2.50. The van der Waals surface area contributed by atoms with Crippen molar-refractivity contribution in [3.05, 3.63) is 59.7 Å². The van der Waals surface area contributed by atoms with Gasteiger partial charge in [0.05, 0.1) is 11.4 Å². The number of hydrogen-bond acceptors (Lipinski definition) is 2. The Hall–Kier alpha value is -2.18. The molecule has 0 saturated heterocycles. The zero-order valence-electron chi connectivity index (χ0n) is 10.0. The maximum atomic E-state index is 4.21. The Morgan fingerprint density at radius 3 is 2.24 bits per heavy atom. The predicted octanol–water partition coefficient (Wildman–Crippen LogP) is 4.44. The summed E-state index contributed by atoms with van der Waals surface area (Å²) in [5.74, 6) is 0. The molecule has 17 heavy (non-hydrogen) atoms. The summed E-state index contributed by atoms with van der Waals surface area (Å²) in [6, 6.07) is 18.6. The van der Waals surface area contributed by atoms with E-state index in [0.717, 1.165) is 16.9 Å². The maximum Gasteiger partial charge on any atom is 0.100 e. The zero-order chi connectivity index (χ0) is 12.1. The highest BCUT2D eigenvalue weighted by Crippen LogP contribution is 2.16. The van der Waals surface area contributed by atoms with Crippen LogP contribution in [0.2, 0.25) is 0 Å². The summed E-state index contributed by atoms with van der Waals surface area (Å²) in [4.78, 5) is 8.37. The maximum absolute atomic E-state index is 4.21. The molecule has 0 aliphatic rings. The normalized spacial score (nSPS) is 9.53. The first kappa shape index (κ1) is 11.3. The quantitative estimate of drug-likeness (QED) is 0.671. The van der Waals surface area contributed by atoms with Gasteiger partial charge < -0.3 is 0 Å². The minimum Gasteiger partial charge on any atom is -0.188 e. The molecule has 0 aliphatic carbocycles. The van der Waals surface area contributed by atoms with Crippen molar-refractivity contribution in [3.63, 3.8) is 0 Å². The summed E-state index contributed by atoms with van der Waals surface area (Å²) in [5.41, 5.74) is 4.12. The highest BCUT2D eigenvalue weighted by molar-refractivity contribution is 5.59. The Labute approximate surface area is 101 Å². The summed E-state index contributed by atoms with van der Waals surface area (Å²) in [6.07, 6.45) is 0. The van der Waals surface area contributed by atoms with Gasteiger partial charge in [-0.1, -0.05) is 35.9 Å². The van der Waals surface area contributed by atoms with Gasteiger partial charge in [-0.05, 0) is 37.6 Å². The minimum absolute atomic E-state index is 0.868. The van der Waals surface area contributed by atoms with Crippen LogP contribution in [0.1, 0.15) is 11.1 Å². The molecule has 0 N–H and O–H groups in total. The molecule has 2 heteroatoms. The van der Waals surface area contributed by atoms with Crippen molar-refractivity contribution in [2.75, 3.05) is 0 Å². The Kier molecular flexibility index (Phi) is 3.49. The van der Waals surface area contributed by atoms with Crippen molar-refractivity contribution < 1.29 is 0 Å². The van der Waals surface area contributed by atoms with Crippen molar-refractivity contribution >= 4 is 17.4 Å². The van der Waals surface area contributed by atoms with Crippen molar-refractivity contribution in [2.45, 2.75) is 13.8 Å². The van der Waals surface area contributed by atoms with Crippen molar-refractivity contribution in [2.24, 2.45) is 9.98 Å². The first-order chi connectivity index (χ1) is 8.25. The summed E-state index contributed by atoms with van der Waals surface area (Å²) >= 11 is 0. The lowest BCUT2D eigenvalue weighted by molar-refractivity contribution is 1.39. The average Bonchev–Trinajstić information content (AvgIpc) is 2.34. The molecule has 2 aromatic rings. The number of para-hydroxylation sites is 1. The summed E-state index contributed by atoms with van der Waals surface area (Å²) in [7, 11) is 0. The summed E-state index contributed by atoms with van der Waals surface area (Å²) in [5, 5.41) is 0. The van der Waals surface area contributed by atoms with Crippen LogP contribution >= 0.6 is 0 Å². The van der Waals surface area contributed by atoms with Gasteiger partial charge in [-0.2, -0.15) is 9.98 Å². The molecule has 0 amide bonds. The van der Waals surface area contributed by atoms with E-state index in [9.17, 15) is 0 Å². The van der Waals surface area contributed by atoms with Gasteiger partial charge in [0.15, 0.2) is 0 Å². The van der Waals surface area contributed by atoms with E-state index in [4.69, 9.17) is 0 Å². The second-order valence-electron chi connectivity index (χ2n) is 3.95. The van der Waals surface area contributed by atoms with E-state index in [2.05, 4.69) is 22.9 Å². The Bertz CT molecular complexity index is 562. The Balaban J connectivity index is 2.21. The van der Waals surface area contributed by atoms with Crippen LogP contribution in [0.15, 0.2) is 58.5 Å². The first-order valence-corrected chi connectivity index (χ1v) is 5.54. The van der Waals surface area contributed by atoms with Gasteiger partial charge in [0.1, 0.15) is 6.01 Å². The van der Waals surface area contributed by atoms with Crippen molar-refractivity contribution in [1.82, 2.24) is 0 Å². The Morgan fingerprint density at radius 1 is 0.824 bits per heavy atom. The van der Waals surface area contributed by atoms with Crippen molar-refractivity contribution in [1.29, 1.82) is 0 Å². The molecule has 0 spiro atoms. The molecule has 0 saturated carbocycles. The van der Waals surface area contributed by atoms with E-state index in [1.807, 2.05) is 55.5 Å². The molecule has 0 aromatic heterocycles. The van der Waals surface area contributed by atoms with Gasteiger partial charge in [-0.25, -0.2) is 0 Å². The first-order valence-electron chi connectivity index (χ1n) is 5.54. The second kappa shape index (κ2) is 5.24. The van der Waals surface area contributed by atoms with Crippen LogP contribution in [0, 0.1) is 13.8 Å². The molecule has 2 rings (SSSR count). The fourth-order valence-electron chi connectivity index (χ4n) is 1.44. The largest absolute Gasteiger partial charge is 0.188 e. The smallest absolute Gasteiger partial charge is 0.100 e. The molecule has 0 heterocycles. The van der Waals surface area contributed by atoms with Gasteiger partial charge in [-0.15, -0.1) is 0 Å². The lowest BCUT2D eigenvalue weighted by atomic mass is 10.2. The highest BCUT2D eigenvalue weighted by atomic mass is 14.8. The van der Waals surface area contributed by atoms with E-state index < -0.39 is 0 Å². The van der Waals surface area contributed by atoms with Gasteiger partial charge in [0.25, 0.3) is 0 Å². The van der Waals surface area contributed by atoms with Crippen LogP contribution in [0.5, 0.6) is 0 Å². The molecule has 0 aliphatic heterocycles. The SMILES string of the molecule is Cc1ccc(N=C=Nc2ccccc2C)cc1. The monoisotopic (exact) mass is 222 g/mol. The average molecular weight is 222 g/mol. The summed E-state index contributed by atoms with van der Waals surface area (Å²) < 4.78 is 0. The van der Waals surface area contributed by atoms with Crippen LogP contribution in [0.4, 0.5) is 11.4 Å². The molecule has 0 radical (unpaired) electrons. The molecular formula is C15H14N2. The lowest BCUT2D eigenvalue weighted by Gasteiger charge is -1.94. The van der Waals surface area contributed by atoms with Crippen LogP contribution in [-0.4, -0.2) is 6.01 Å². The fourth-order valence-corrected chi connectivity index (χ4v) is 1.44. The molecule has 0 atom stereocenters. The van der Waals surface area contributed by atoms with Gasteiger partial charge >= 0.3 is 0 Å². The fraction of sp³-hybridized carbons (Fsp3) is 0.133. The Morgan fingerprint density at radius 2 is 1.53 bits per heavy atom. The molecule has 84 valence electrons. The molecule has 0 fully saturated rings. The summed E-state index contributed by atoms with van der Waals surface area (Å²) in [6.45, 7) is 4.07. The van der Waals surface area contributed by atoms with E-state index in [1.54, 1.807) is 0 Å². The minimum atomic E-state index is 0.868. The standard InChI is InChI=1S/C15H14N2/c1-12-7-9-14(10-8-12)16-11-17-15-6-4-3-5-13(15)2/h3-10H,1-2H3. The number of rotatable bonds is 2. The highest BCUT2D eigenvalue weighted by Gasteiger charge is 1.91. The lowest BCUT2D eigenvalue weighted by Crippen LogP contribution is -1.71. The third-order valence-corrected chi connectivity index (χ3v) is 2.50. The molecule has 0 unspecified atom stereocenters. The van der Waals surface area contributed by atoms with Crippen LogP contribution in [0.25, 0.3) is 0 Å². The van der Waals surface area contributed by atoms with Crippen molar-refractivity contribution in [3.8, 4) is 0 Å². The van der Waals surface area contributed by atoms with E-state index in [0.29, 0.717) is 0 Å². The van der Waals surface area contributed by atoms with E-state index in [1.165, 1.54) is 5.56 Å². The van der Waals surface area contributed by atoms with E-state index >= 15 is 0 Å². The molecule has 2 aromatic carbocycles. The number of benzene rings is 2. The molecule has 0 bridgehead atoms. The van der Waals surface area contributed by atoms with E-state index in [-0.39, 0.29) is 0 Å². The van der Waals surface area contributed by atoms with Gasteiger partial charge in [-0.3, -0.25) is 0 Å². The topological polar surface area (TPSA) is 24.7 Å². The molecule has 2 nitrogen and oxygen atoms in total. The number of nitrogens with zero attached hydrogens (tertiary/aromatic N) is 2. The zero-order valence-corrected chi connectivity index (χ0v) is 10.0. The van der Waals surface area contributed by atoms with Crippen LogP contribution in [0.3, 0.4) is 0 Å². The van der Waals surface area contributed by atoms with Gasteiger partial charge in [0, 0.05) is 0 Å². The number of aryl methyl sites for hydroxylation is 2. The van der Waals surface area contributed by atoms with Gasteiger partial charge in [0.2, 0.25) is 0 Å². The number of aliphatic imine (C=N–C) groups is 2.